The lowest BCUT2D eigenvalue weighted by atomic mass is 10.1. The fraction of sp³-hybridized carbons (Fsp3) is 0.222. The zero-order valence-electron chi connectivity index (χ0n) is 13.5. The fourth-order valence-corrected chi connectivity index (χ4v) is 2.38. The van der Waals surface area contributed by atoms with Crippen LogP contribution < -0.4 is 10.2 Å². The summed E-state index contributed by atoms with van der Waals surface area (Å²) in [7, 11) is 0. The second-order valence-electron chi connectivity index (χ2n) is 5.61. The summed E-state index contributed by atoms with van der Waals surface area (Å²) in [6, 6.07) is 2.57. The van der Waals surface area contributed by atoms with Crippen LogP contribution >= 0.6 is 0 Å². The lowest BCUT2D eigenvalue weighted by Crippen LogP contribution is -2.31. The maximum Gasteiger partial charge on any atom is 0.260 e. The lowest BCUT2D eigenvalue weighted by molar-refractivity contribution is -0.114. The normalized spacial score (nSPS) is 15.0. The molecule has 0 atom stereocenters. The number of phenols is 2. The Morgan fingerprint density at radius 2 is 2.04 bits per heavy atom. The summed E-state index contributed by atoms with van der Waals surface area (Å²) in [5.41, 5.74) is 2.03. The van der Waals surface area contributed by atoms with Crippen molar-refractivity contribution in [2.75, 3.05) is 16.8 Å². The second-order valence-corrected chi connectivity index (χ2v) is 5.61. The number of allylic oxidation sites excluding steroid dienone is 1. The molecule has 0 spiro atoms. The van der Waals surface area contributed by atoms with Crippen LogP contribution in [0.4, 0.5) is 11.4 Å². The van der Waals surface area contributed by atoms with Gasteiger partial charge >= 0.3 is 0 Å². The first kappa shape index (κ1) is 17.3. The molecule has 0 unspecified atom stereocenters. The molecule has 2 rings (SSSR count). The van der Waals surface area contributed by atoms with Gasteiger partial charge in [0.1, 0.15) is 23.5 Å². The average molecular weight is 328 g/mol. The van der Waals surface area contributed by atoms with Gasteiger partial charge in [-0.15, -0.1) is 0 Å². The number of amides is 1. The van der Waals surface area contributed by atoms with Crippen molar-refractivity contribution in [2.24, 2.45) is 0 Å². The summed E-state index contributed by atoms with van der Waals surface area (Å²) in [5.74, 6) is -0.735. The highest BCUT2D eigenvalue weighted by molar-refractivity contribution is 6.12. The van der Waals surface area contributed by atoms with E-state index in [4.69, 9.17) is 0 Å². The SMILES string of the molecule is C=C1Nc2c(O)cc(O)cc2N(C/C=C(\C)CCC=O)C(=O)C1=C. The van der Waals surface area contributed by atoms with Gasteiger partial charge in [-0.25, -0.2) is 0 Å². The van der Waals surface area contributed by atoms with E-state index in [9.17, 15) is 19.8 Å². The van der Waals surface area contributed by atoms with E-state index in [1.165, 1.54) is 17.0 Å². The standard InChI is InChI=1S/C18H20N2O4/c1-11(5-4-8-21)6-7-20-15-9-14(22)10-16(23)17(15)19-13(3)12(2)18(20)24/h6,8-10,19,22-23H,2-5,7H2,1H3/b11-6+. The minimum atomic E-state index is -0.379. The van der Waals surface area contributed by atoms with Gasteiger partial charge in [-0.05, 0) is 13.3 Å². The lowest BCUT2D eigenvalue weighted by Gasteiger charge is -2.22. The quantitative estimate of drug-likeness (QED) is 0.254. The van der Waals surface area contributed by atoms with Crippen molar-refractivity contribution in [3.63, 3.8) is 0 Å². The van der Waals surface area contributed by atoms with Crippen LogP contribution in [0.15, 0.2) is 48.2 Å². The van der Waals surface area contributed by atoms with Gasteiger partial charge in [0.2, 0.25) is 0 Å². The number of aromatic hydroxyl groups is 2. The van der Waals surface area contributed by atoms with Crippen LogP contribution in [-0.2, 0) is 9.59 Å². The zero-order chi connectivity index (χ0) is 17.9. The number of hydrogen-bond acceptors (Lipinski definition) is 5. The maximum atomic E-state index is 12.6. The molecule has 1 aliphatic rings. The Morgan fingerprint density at radius 1 is 1.33 bits per heavy atom. The van der Waals surface area contributed by atoms with E-state index in [1.807, 2.05) is 13.0 Å². The number of anilines is 2. The number of phenolic OH excluding ortho intramolecular Hbond substituents is 2. The van der Waals surface area contributed by atoms with E-state index < -0.39 is 0 Å². The van der Waals surface area contributed by atoms with Crippen LogP contribution in [0.3, 0.4) is 0 Å². The van der Waals surface area contributed by atoms with E-state index in [2.05, 4.69) is 18.5 Å². The molecule has 6 heteroatoms. The minimum Gasteiger partial charge on any atom is -0.508 e. The van der Waals surface area contributed by atoms with Gasteiger partial charge < -0.3 is 25.2 Å². The molecule has 3 N–H and O–H groups in total. The molecule has 1 heterocycles. The molecule has 0 bridgehead atoms. The summed E-state index contributed by atoms with van der Waals surface area (Å²) in [4.78, 5) is 24.5. The Morgan fingerprint density at radius 3 is 2.71 bits per heavy atom. The third-order valence-electron chi connectivity index (χ3n) is 3.79. The van der Waals surface area contributed by atoms with Gasteiger partial charge in [-0.3, -0.25) is 4.79 Å². The third-order valence-corrected chi connectivity index (χ3v) is 3.79. The highest BCUT2D eigenvalue weighted by atomic mass is 16.3. The third kappa shape index (κ3) is 3.48. The molecule has 0 saturated carbocycles. The Kier molecular flexibility index (Phi) is 5.08. The first-order valence-corrected chi connectivity index (χ1v) is 7.47. The summed E-state index contributed by atoms with van der Waals surface area (Å²) < 4.78 is 0. The molecular formula is C18H20N2O4. The number of hydrogen-bond donors (Lipinski definition) is 3. The molecule has 0 aliphatic carbocycles. The van der Waals surface area contributed by atoms with Gasteiger partial charge in [-0.1, -0.05) is 24.8 Å². The van der Waals surface area contributed by atoms with Crippen LogP contribution in [0.2, 0.25) is 0 Å². The van der Waals surface area contributed by atoms with Crippen LogP contribution in [-0.4, -0.2) is 29.0 Å². The average Bonchev–Trinajstić information content (AvgIpc) is 2.62. The van der Waals surface area contributed by atoms with Gasteiger partial charge in [0.25, 0.3) is 5.91 Å². The number of rotatable bonds is 5. The van der Waals surface area contributed by atoms with Gasteiger partial charge in [0.15, 0.2) is 0 Å². The van der Waals surface area contributed by atoms with Crippen LogP contribution in [0.5, 0.6) is 11.5 Å². The van der Waals surface area contributed by atoms with Crippen LogP contribution in [0, 0.1) is 0 Å². The topological polar surface area (TPSA) is 89.9 Å². The van der Waals surface area contributed by atoms with E-state index in [-0.39, 0.29) is 40.9 Å². The molecule has 0 fully saturated rings. The van der Waals surface area contributed by atoms with Crippen molar-refractivity contribution in [2.45, 2.75) is 19.8 Å². The first-order valence-electron chi connectivity index (χ1n) is 7.47. The number of nitrogens with one attached hydrogen (secondary N) is 1. The van der Waals surface area contributed by atoms with Crippen molar-refractivity contribution >= 4 is 23.6 Å². The van der Waals surface area contributed by atoms with Crippen molar-refractivity contribution in [1.82, 2.24) is 0 Å². The van der Waals surface area contributed by atoms with Crippen LogP contribution in [0.25, 0.3) is 0 Å². The Hall–Kier alpha value is -3.02. The molecule has 0 saturated heterocycles. The predicted molar refractivity (Wildman–Crippen MR) is 93.1 cm³/mol. The number of fused-ring (bicyclic) bond motifs is 1. The fourth-order valence-electron chi connectivity index (χ4n) is 2.38. The molecule has 0 aromatic heterocycles. The molecular weight excluding hydrogens is 308 g/mol. The van der Waals surface area contributed by atoms with E-state index >= 15 is 0 Å². The summed E-state index contributed by atoms with van der Waals surface area (Å²) in [5, 5.41) is 22.7. The molecule has 24 heavy (non-hydrogen) atoms. The Balaban J connectivity index is 2.45. The molecule has 6 nitrogen and oxygen atoms in total. The van der Waals surface area contributed by atoms with E-state index in [0.717, 1.165) is 11.9 Å². The van der Waals surface area contributed by atoms with Crippen molar-refractivity contribution < 1.29 is 19.8 Å². The summed E-state index contributed by atoms with van der Waals surface area (Å²) in [6.07, 6.45) is 3.69. The minimum absolute atomic E-state index is 0.161. The molecule has 126 valence electrons. The smallest absolute Gasteiger partial charge is 0.260 e. The molecule has 1 aromatic rings. The first-order chi connectivity index (χ1) is 11.3. The van der Waals surface area contributed by atoms with Gasteiger partial charge in [0.05, 0.1) is 11.3 Å². The molecule has 0 radical (unpaired) electrons. The van der Waals surface area contributed by atoms with Crippen molar-refractivity contribution in [3.8, 4) is 11.5 Å². The van der Waals surface area contributed by atoms with E-state index in [0.29, 0.717) is 18.5 Å². The highest BCUT2D eigenvalue weighted by Gasteiger charge is 2.28. The monoisotopic (exact) mass is 328 g/mol. The number of aldehydes is 1. The Bertz CT molecular complexity index is 750. The number of carbonyl (C=O) groups excluding carboxylic acids is 2. The van der Waals surface area contributed by atoms with Crippen molar-refractivity contribution in [3.05, 3.63) is 48.2 Å². The molecule has 1 amide bonds. The van der Waals surface area contributed by atoms with E-state index in [1.54, 1.807) is 0 Å². The summed E-state index contributed by atoms with van der Waals surface area (Å²) >= 11 is 0. The maximum absolute atomic E-state index is 12.6. The largest absolute Gasteiger partial charge is 0.508 e. The second kappa shape index (κ2) is 7.04. The highest BCUT2D eigenvalue weighted by Crippen LogP contribution is 2.42. The summed E-state index contributed by atoms with van der Waals surface area (Å²) in [6.45, 7) is 9.58. The Labute approximate surface area is 140 Å². The zero-order valence-corrected chi connectivity index (χ0v) is 13.5. The number of nitrogens with zero attached hydrogens (tertiary/aromatic N) is 1. The predicted octanol–water partition coefficient (Wildman–Crippen LogP) is 2.85. The molecule has 1 aromatic carbocycles. The molecule has 1 aliphatic heterocycles. The van der Waals surface area contributed by atoms with Crippen molar-refractivity contribution in [1.29, 1.82) is 0 Å². The van der Waals surface area contributed by atoms with Gasteiger partial charge in [0, 0.05) is 30.8 Å². The number of benzene rings is 1. The number of carbonyl (C=O) groups is 2. The van der Waals surface area contributed by atoms with Gasteiger partial charge in [-0.2, -0.15) is 0 Å². The van der Waals surface area contributed by atoms with Crippen LogP contribution in [0.1, 0.15) is 19.8 Å².